The lowest BCUT2D eigenvalue weighted by Gasteiger charge is -2.22. The number of rotatable bonds is 5. The fourth-order valence-corrected chi connectivity index (χ4v) is 3.78. The number of nitrogens with zero attached hydrogens (tertiary/aromatic N) is 2. The van der Waals surface area contributed by atoms with Crippen LogP contribution >= 0.6 is 15.9 Å². The summed E-state index contributed by atoms with van der Waals surface area (Å²) < 4.78 is 39.3. The van der Waals surface area contributed by atoms with E-state index in [1.165, 1.54) is 30.3 Å². The number of carbonyl (C=O) groups excluding carboxylic acids is 1. The van der Waals surface area contributed by atoms with Crippen LogP contribution in [0.25, 0.3) is 0 Å². The Bertz CT molecular complexity index is 1120. The smallest absolute Gasteiger partial charge is 0.416 e. The number of nitrogens with one attached hydrogen (secondary N) is 1. The monoisotopic (exact) mass is 493 g/mol. The van der Waals surface area contributed by atoms with Crippen molar-refractivity contribution in [3.8, 4) is 6.07 Å². The number of hydrogen-bond acceptors (Lipinski definition) is 4. The highest BCUT2D eigenvalue weighted by atomic mass is 79.9. The van der Waals surface area contributed by atoms with Crippen molar-refractivity contribution in [2.24, 2.45) is 0 Å². The van der Waals surface area contributed by atoms with Gasteiger partial charge in [-0.25, -0.2) is 4.79 Å². The van der Waals surface area contributed by atoms with Crippen LogP contribution in [0.2, 0.25) is 0 Å². The number of allylic oxidation sites excluding steroid dienone is 1. The van der Waals surface area contributed by atoms with Crippen LogP contribution in [0.15, 0.2) is 58.2 Å². The number of anilines is 2. The zero-order valence-electron chi connectivity index (χ0n) is 15.8. The first-order chi connectivity index (χ1) is 14.6. The Balaban J connectivity index is 1.93. The number of alkyl halides is 3. The molecule has 0 fully saturated rings. The standard InChI is InChI=1S/C21H15BrF3N3O3/c22-16-8-12(10-26)4-6-18(16)28(20(30)31)11-15-17(5-7-19(15)29)27-14-3-1-2-13(9-14)21(23,24)25/h1-4,6,8-9,27H,5,7,11H2,(H,30,31). The molecule has 2 N–H and O–H groups in total. The zero-order valence-corrected chi connectivity index (χ0v) is 17.4. The van der Waals surface area contributed by atoms with Gasteiger partial charge in [-0.05, 0) is 58.7 Å². The van der Waals surface area contributed by atoms with Crippen molar-refractivity contribution in [2.45, 2.75) is 19.0 Å². The number of hydrogen-bond donors (Lipinski definition) is 2. The first-order valence-electron chi connectivity index (χ1n) is 8.99. The number of carboxylic acid groups (broad SMARTS) is 1. The molecule has 0 heterocycles. The molecule has 0 bridgehead atoms. The number of halogens is 4. The van der Waals surface area contributed by atoms with E-state index < -0.39 is 17.8 Å². The van der Waals surface area contributed by atoms with Crippen molar-refractivity contribution in [2.75, 3.05) is 16.8 Å². The Hall–Kier alpha value is -3.32. The third-order valence-electron chi connectivity index (χ3n) is 4.70. The van der Waals surface area contributed by atoms with E-state index >= 15 is 0 Å². The number of amides is 1. The van der Waals surface area contributed by atoms with Crippen LogP contribution in [0, 0.1) is 11.3 Å². The quantitative estimate of drug-likeness (QED) is 0.569. The van der Waals surface area contributed by atoms with Gasteiger partial charge in [0.05, 0.1) is 29.4 Å². The minimum atomic E-state index is -4.51. The second kappa shape index (κ2) is 8.81. The number of nitriles is 1. The van der Waals surface area contributed by atoms with Gasteiger partial charge < -0.3 is 10.4 Å². The molecule has 0 radical (unpaired) electrons. The predicted octanol–water partition coefficient (Wildman–Crippen LogP) is 5.55. The first-order valence-corrected chi connectivity index (χ1v) is 9.79. The van der Waals surface area contributed by atoms with E-state index in [1.807, 2.05) is 6.07 Å². The van der Waals surface area contributed by atoms with Crippen molar-refractivity contribution < 1.29 is 27.9 Å². The van der Waals surface area contributed by atoms with Crippen molar-refractivity contribution in [3.05, 3.63) is 69.3 Å². The molecule has 160 valence electrons. The summed E-state index contributed by atoms with van der Waals surface area (Å²) in [6, 6.07) is 10.8. The summed E-state index contributed by atoms with van der Waals surface area (Å²) in [6.45, 7) is -0.292. The van der Waals surface area contributed by atoms with Gasteiger partial charge >= 0.3 is 12.3 Å². The summed E-state index contributed by atoms with van der Waals surface area (Å²) in [6.07, 6.45) is -5.45. The van der Waals surface area contributed by atoms with E-state index in [4.69, 9.17) is 5.26 Å². The van der Waals surface area contributed by atoms with Gasteiger partial charge in [-0.1, -0.05) is 6.07 Å². The average molecular weight is 494 g/mol. The molecule has 6 nitrogen and oxygen atoms in total. The lowest BCUT2D eigenvalue weighted by molar-refractivity contribution is -0.137. The summed E-state index contributed by atoms with van der Waals surface area (Å²) in [5.41, 5.74) is 0.425. The van der Waals surface area contributed by atoms with Crippen molar-refractivity contribution in [1.82, 2.24) is 0 Å². The maximum atomic E-state index is 13.0. The number of Topliss-reactive ketones (excluding diaryl/α,β-unsaturated/α-hetero) is 1. The van der Waals surface area contributed by atoms with Crippen LogP contribution in [-0.4, -0.2) is 23.5 Å². The Morgan fingerprint density at radius 1 is 1.23 bits per heavy atom. The van der Waals surface area contributed by atoms with Crippen LogP contribution < -0.4 is 10.2 Å². The van der Waals surface area contributed by atoms with Crippen molar-refractivity contribution in [3.63, 3.8) is 0 Å². The van der Waals surface area contributed by atoms with Crippen LogP contribution in [-0.2, 0) is 11.0 Å². The molecule has 2 aromatic rings. The number of benzene rings is 2. The topological polar surface area (TPSA) is 93.4 Å². The number of ketones is 1. The van der Waals surface area contributed by atoms with Crippen LogP contribution in [0.5, 0.6) is 0 Å². The SMILES string of the molecule is N#Cc1ccc(N(CC2=C(Nc3cccc(C(F)(F)F)c3)CCC2=O)C(=O)O)c(Br)c1. The van der Waals surface area contributed by atoms with Gasteiger partial charge in [-0.2, -0.15) is 18.4 Å². The molecule has 1 aliphatic carbocycles. The molecule has 1 aliphatic rings. The number of carbonyl (C=O) groups is 2. The summed E-state index contributed by atoms with van der Waals surface area (Å²) >= 11 is 3.24. The lowest BCUT2D eigenvalue weighted by Crippen LogP contribution is -2.33. The molecule has 10 heteroatoms. The first kappa shape index (κ1) is 22.4. The third kappa shape index (κ3) is 5.06. The van der Waals surface area contributed by atoms with Crippen molar-refractivity contribution >= 4 is 39.2 Å². The molecule has 0 spiro atoms. The van der Waals surface area contributed by atoms with E-state index in [-0.39, 0.29) is 42.1 Å². The van der Waals surface area contributed by atoms with Crippen LogP contribution in [0.3, 0.4) is 0 Å². The second-order valence-electron chi connectivity index (χ2n) is 6.73. The Kier molecular flexibility index (Phi) is 6.36. The van der Waals surface area contributed by atoms with E-state index in [0.29, 0.717) is 15.7 Å². The largest absolute Gasteiger partial charge is 0.465 e. The molecule has 2 aromatic carbocycles. The Morgan fingerprint density at radius 3 is 2.58 bits per heavy atom. The summed E-state index contributed by atoms with van der Waals surface area (Å²) in [5.74, 6) is -0.287. The molecule has 31 heavy (non-hydrogen) atoms. The van der Waals surface area contributed by atoms with Crippen LogP contribution in [0.4, 0.5) is 29.3 Å². The molecular formula is C21H15BrF3N3O3. The Morgan fingerprint density at radius 2 is 1.97 bits per heavy atom. The van der Waals surface area contributed by atoms with E-state index in [0.717, 1.165) is 17.0 Å². The van der Waals surface area contributed by atoms with Gasteiger partial charge in [-0.3, -0.25) is 9.69 Å². The Labute approximate surface area is 183 Å². The second-order valence-corrected chi connectivity index (χ2v) is 7.58. The van der Waals surface area contributed by atoms with E-state index in [2.05, 4.69) is 21.2 Å². The fraction of sp³-hybridized carbons (Fsp3) is 0.190. The normalized spacial score (nSPS) is 13.8. The highest BCUT2D eigenvalue weighted by Gasteiger charge is 2.31. The molecule has 1 amide bonds. The lowest BCUT2D eigenvalue weighted by atomic mass is 10.1. The zero-order chi connectivity index (χ0) is 22.8. The van der Waals surface area contributed by atoms with Gasteiger partial charge in [0.2, 0.25) is 0 Å². The van der Waals surface area contributed by atoms with Gasteiger partial charge in [0.25, 0.3) is 0 Å². The van der Waals surface area contributed by atoms with Gasteiger partial charge in [0.1, 0.15) is 0 Å². The summed E-state index contributed by atoms with van der Waals surface area (Å²) in [4.78, 5) is 25.2. The van der Waals surface area contributed by atoms with Gasteiger partial charge in [-0.15, -0.1) is 0 Å². The van der Waals surface area contributed by atoms with Crippen LogP contribution in [0.1, 0.15) is 24.0 Å². The maximum Gasteiger partial charge on any atom is 0.416 e. The fourth-order valence-electron chi connectivity index (χ4n) is 3.19. The molecule has 0 aliphatic heterocycles. The minimum absolute atomic E-state index is 0.124. The van der Waals surface area contributed by atoms with Crippen molar-refractivity contribution in [1.29, 1.82) is 5.26 Å². The minimum Gasteiger partial charge on any atom is -0.465 e. The average Bonchev–Trinajstić information content (AvgIpc) is 3.05. The molecule has 0 unspecified atom stereocenters. The molecule has 0 saturated heterocycles. The van der Waals surface area contributed by atoms with E-state index in [1.54, 1.807) is 0 Å². The highest BCUT2D eigenvalue weighted by Crippen LogP contribution is 2.33. The van der Waals surface area contributed by atoms with E-state index in [9.17, 15) is 27.9 Å². The summed E-state index contributed by atoms with van der Waals surface area (Å²) in [5, 5.41) is 21.5. The molecule has 3 rings (SSSR count). The molecule has 0 aromatic heterocycles. The predicted molar refractivity (Wildman–Crippen MR) is 111 cm³/mol. The third-order valence-corrected chi connectivity index (χ3v) is 5.34. The summed E-state index contributed by atoms with van der Waals surface area (Å²) in [7, 11) is 0. The maximum absolute atomic E-state index is 13.0. The molecular weight excluding hydrogens is 479 g/mol. The van der Waals surface area contributed by atoms with Gasteiger partial charge in [0.15, 0.2) is 5.78 Å². The van der Waals surface area contributed by atoms with Gasteiger partial charge in [0, 0.05) is 27.9 Å². The highest BCUT2D eigenvalue weighted by molar-refractivity contribution is 9.10. The molecule has 0 saturated carbocycles. The molecule has 0 atom stereocenters.